The fourth-order valence-electron chi connectivity index (χ4n) is 2.99. The van der Waals surface area contributed by atoms with Crippen molar-refractivity contribution in [2.45, 2.75) is 61.3 Å². The van der Waals surface area contributed by atoms with Crippen LogP contribution in [0.15, 0.2) is 0 Å². The maximum atomic E-state index is 11.4. The monoisotopic (exact) mass is 515 g/mol. The lowest BCUT2D eigenvalue weighted by molar-refractivity contribution is -0.334. The number of carboxylic acids is 1. The molecule has 2 heterocycles. The van der Waals surface area contributed by atoms with Crippen LogP contribution in [0.1, 0.15) is 0 Å². The third kappa shape index (κ3) is 6.71. The topological polar surface area (TPSA) is 296 Å². The van der Waals surface area contributed by atoms with Crippen molar-refractivity contribution >= 4 is 26.7 Å². The predicted octanol–water partition coefficient (Wildman–Crippen LogP) is -6.08. The van der Waals surface area contributed by atoms with Crippen molar-refractivity contribution in [1.29, 1.82) is 0 Å². The molecule has 0 saturated carbocycles. The van der Waals surface area contributed by atoms with E-state index in [9.17, 15) is 52.3 Å². The summed E-state index contributed by atoms with van der Waals surface area (Å²) < 4.78 is 81.9. The van der Waals surface area contributed by atoms with Crippen molar-refractivity contribution in [2.75, 3.05) is 6.61 Å². The van der Waals surface area contributed by atoms with Crippen LogP contribution in [-0.2, 0) is 43.9 Å². The second-order valence-corrected chi connectivity index (χ2v) is 9.00. The van der Waals surface area contributed by atoms with E-state index in [4.69, 9.17) is 18.6 Å². The van der Waals surface area contributed by atoms with Crippen LogP contribution in [0.4, 0.5) is 0 Å². The van der Waals surface area contributed by atoms with E-state index >= 15 is 0 Å². The molecule has 0 radical (unpaired) electrons. The highest BCUT2D eigenvalue weighted by Gasteiger charge is 2.53. The second-order valence-electron chi connectivity index (χ2n) is 6.72. The number of aliphatic hydroxyl groups is 5. The van der Waals surface area contributed by atoms with Crippen LogP contribution in [-0.4, -0.2) is 131 Å². The lowest BCUT2D eigenvalue weighted by atomic mass is 9.96. The van der Waals surface area contributed by atoms with Gasteiger partial charge in [0.05, 0.1) is 6.61 Å². The van der Waals surface area contributed by atoms with Gasteiger partial charge in [0, 0.05) is 0 Å². The number of hydrogen-bond acceptors (Lipinski definition) is 14. The van der Waals surface area contributed by atoms with Gasteiger partial charge in [-0.15, -0.1) is 0 Å². The molecule has 0 aromatic carbocycles. The molecule has 1 unspecified atom stereocenters. The van der Waals surface area contributed by atoms with Crippen molar-refractivity contribution in [2.24, 2.45) is 0 Å². The van der Waals surface area contributed by atoms with Crippen LogP contribution < -0.4 is 4.72 Å². The van der Waals surface area contributed by atoms with Crippen molar-refractivity contribution in [3.63, 3.8) is 0 Å². The number of aliphatic hydroxyl groups excluding tert-OH is 5. The van der Waals surface area contributed by atoms with Gasteiger partial charge in [-0.25, -0.2) is 8.98 Å². The number of carbonyl (C=O) groups is 1. The van der Waals surface area contributed by atoms with E-state index in [0.717, 1.165) is 0 Å². The van der Waals surface area contributed by atoms with Crippen LogP contribution in [0.3, 0.4) is 0 Å². The highest BCUT2D eigenvalue weighted by Crippen LogP contribution is 2.29. The molecule has 9 N–H and O–H groups in total. The fraction of sp³-hybridized carbons (Fsp3) is 0.917. The Morgan fingerprint density at radius 2 is 1.50 bits per heavy atom. The summed E-state index contributed by atoms with van der Waals surface area (Å²) in [7, 11) is -10.2. The lowest BCUT2D eigenvalue weighted by Crippen LogP contribution is -2.68. The van der Waals surface area contributed by atoms with Gasteiger partial charge in [0.2, 0.25) is 0 Å². The highest BCUT2D eigenvalue weighted by molar-refractivity contribution is 7.83. The van der Waals surface area contributed by atoms with Gasteiger partial charge < -0.3 is 44.8 Å². The molecule has 2 aliphatic heterocycles. The van der Waals surface area contributed by atoms with E-state index < -0.39 is 94.6 Å². The zero-order valence-electron chi connectivity index (χ0n) is 15.5. The third-order valence-corrected chi connectivity index (χ3v) is 5.47. The highest BCUT2D eigenvalue weighted by atomic mass is 32.3. The first-order chi connectivity index (χ1) is 14.5. The van der Waals surface area contributed by atoms with Crippen molar-refractivity contribution in [3.05, 3.63) is 0 Å². The first kappa shape index (κ1) is 27.1. The fourth-order valence-corrected chi connectivity index (χ4v) is 3.89. The van der Waals surface area contributed by atoms with Gasteiger partial charge in [0.15, 0.2) is 18.7 Å². The van der Waals surface area contributed by atoms with Gasteiger partial charge in [-0.05, 0) is 0 Å². The smallest absolute Gasteiger partial charge is 0.397 e. The van der Waals surface area contributed by atoms with Crippen molar-refractivity contribution in [3.8, 4) is 0 Å². The second kappa shape index (κ2) is 10.0. The van der Waals surface area contributed by atoms with Crippen LogP contribution >= 0.6 is 0 Å². The summed E-state index contributed by atoms with van der Waals surface area (Å²) >= 11 is 0. The maximum absolute atomic E-state index is 11.4. The van der Waals surface area contributed by atoms with Gasteiger partial charge in [-0.1, -0.05) is 0 Å². The standard InChI is InChI=1S/C12H21NO17S2/c14-4-2(1-27-32(24,25)26)28-12(3(5(4)15)13-31(21,22)23)30-8-6(16)7(17)11(20)29-9(8)10(18)19/h2-9,11-17,20H,1H2,(H,18,19)(H,21,22,23)(H,24,25,26)/t2-,3-,4-,5-,6-,7-,8+,9+,11?,12-/m1/s1. The van der Waals surface area contributed by atoms with Gasteiger partial charge in [-0.3, -0.25) is 9.11 Å². The molecule has 10 atom stereocenters. The molecule has 0 bridgehead atoms. The zero-order valence-corrected chi connectivity index (χ0v) is 17.2. The van der Waals surface area contributed by atoms with Crippen LogP contribution in [0.25, 0.3) is 0 Å². The number of carboxylic acid groups (broad SMARTS) is 1. The average Bonchev–Trinajstić information content (AvgIpc) is 2.64. The summed E-state index contributed by atoms with van der Waals surface area (Å²) in [5.74, 6) is -1.82. The number of rotatable bonds is 8. The van der Waals surface area contributed by atoms with E-state index in [-0.39, 0.29) is 0 Å². The molecule has 188 valence electrons. The molecule has 2 saturated heterocycles. The van der Waals surface area contributed by atoms with Gasteiger partial charge in [-0.2, -0.15) is 21.6 Å². The Kier molecular flexibility index (Phi) is 8.50. The minimum Gasteiger partial charge on any atom is -0.479 e. The summed E-state index contributed by atoms with van der Waals surface area (Å²) in [5.41, 5.74) is 0. The molecule has 18 nitrogen and oxygen atoms in total. The Morgan fingerprint density at radius 1 is 0.906 bits per heavy atom. The molecule has 0 aromatic rings. The number of nitrogens with one attached hydrogen (secondary N) is 1. The van der Waals surface area contributed by atoms with Gasteiger partial charge >= 0.3 is 26.7 Å². The van der Waals surface area contributed by atoms with Crippen LogP contribution in [0.5, 0.6) is 0 Å². The normalized spacial score (nSPS) is 41.3. The molecule has 0 aliphatic carbocycles. The Morgan fingerprint density at radius 3 is 2.00 bits per heavy atom. The molecule has 2 rings (SSSR count). The Bertz CT molecular complexity index is 876. The molecule has 0 aromatic heterocycles. The van der Waals surface area contributed by atoms with E-state index in [1.54, 1.807) is 0 Å². The van der Waals surface area contributed by atoms with Crippen LogP contribution in [0, 0.1) is 0 Å². The van der Waals surface area contributed by atoms with Crippen molar-refractivity contribution < 1.29 is 79.8 Å². The summed E-state index contributed by atoms with van der Waals surface area (Å²) in [6.07, 6.45) is -19.1. The molecular weight excluding hydrogens is 494 g/mol. The molecule has 32 heavy (non-hydrogen) atoms. The molecule has 2 fully saturated rings. The number of aliphatic carboxylic acids is 1. The molecule has 0 amide bonds. The predicted molar refractivity (Wildman–Crippen MR) is 92.0 cm³/mol. The zero-order chi connectivity index (χ0) is 24.6. The SMILES string of the molecule is O=C(O)[C@H]1OC(O)[C@H](O)[C@@H](O)[C@@H]1O[C@H]1O[C@H](COS(=O)(=O)O)[C@@H](O)[C@H](O)[C@H]1NS(=O)(=O)O. The summed E-state index contributed by atoms with van der Waals surface area (Å²) in [6, 6.07) is -2.09. The lowest BCUT2D eigenvalue weighted by Gasteiger charge is -2.45. The summed E-state index contributed by atoms with van der Waals surface area (Å²) in [6.45, 7) is -1.15. The number of ether oxygens (including phenoxy) is 3. The van der Waals surface area contributed by atoms with Crippen LogP contribution in [0.2, 0.25) is 0 Å². The van der Waals surface area contributed by atoms with Gasteiger partial charge in [0.1, 0.15) is 42.7 Å². The van der Waals surface area contributed by atoms with E-state index in [2.05, 4.69) is 8.92 Å². The maximum Gasteiger partial charge on any atom is 0.397 e. The Labute approximate surface area is 179 Å². The molecule has 0 spiro atoms. The largest absolute Gasteiger partial charge is 0.479 e. The van der Waals surface area contributed by atoms with E-state index in [1.165, 1.54) is 4.72 Å². The summed E-state index contributed by atoms with van der Waals surface area (Å²) in [5, 5.41) is 58.8. The minimum absolute atomic E-state index is 1.15. The first-order valence-electron chi connectivity index (χ1n) is 8.48. The number of hydrogen-bond donors (Lipinski definition) is 9. The Hall–Kier alpha value is -1.11. The minimum atomic E-state index is -5.12. The summed E-state index contributed by atoms with van der Waals surface area (Å²) in [4.78, 5) is 11.4. The molecular formula is C12H21NO17S2. The van der Waals surface area contributed by atoms with E-state index in [0.29, 0.717) is 0 Å². The first-order valence-corrected chi connectivity index (χ1v) is 11.3. The van der Waals surface area contributed by atoms with Crippen molar-refractivity contribution in [1.82, 2.24) is 4.72 Å². The Balaban J connectivity index is 2.35. The third-order valence-electron chi connectivity index (χ3n) is 4.46. The molecule has 2 aliphatic rings. The van der Waals surface area contributed by atoms with Gasteiger partial charge in [0.25, 0.3) is 0 Å². The van der Waals surface area contributed by atoms with E-state index in [1.807, 2.05) is 0 Å². The quantitative estimate of drug-likeness (QED) is 0.136. The average molecular weight is 515 g/mol. The molecule has 20 heteroatoms.